The fourth-order valence-electron chi connectivity index (χ4n) is 4.18. The fraction of sp³-hybridized carbons (Fsp3) is 0.0800. The Morgan fingerprint density at radius 1 is 0.867 bits per heavy atom. The normalized spacial score (nSPS) is 12.7. The van der Waals surface area contributed by atoms with Gasteiger partial charge in [0.2, 0.25) is 0 Å². The topological polar surface area (TPSA) is 59.4 Å². The first-order valence-corrected chi connectivity index (χ1v) is 10.0. The van der Waals surface area contributed by atoms with E-state index in [0.717, 1.165) is 33.0 Å². The molecule has 0 aliphatic rings. The summed E-state index contributed by atoms with van der Waals surface area (Å²) < 4.78 is 2.01. The molecule has 0 saturated heterocycles. The first-order valence-electron chi connectivity index (χ1n) is 10.0. The highest BCUT2D eigenvalue weighted by Gasteiger charge is 2.16. The first-order chi connectivity index (χ1) is 14.8. The lowest BCUT2D eigenvalue weighted by Crippen LogP contribution is -2.08. The van der Waals surface area contributed by atoms with E-state index in [-0.39, 0.29) is 6.04 Å². The second kappa shape index (κ2) is 6.52. The Morgan fingerprint density at radius 2 is 1.70 bits per heavy atom. The van der Waals surface area contributed by atoms with Crippen LogP contribution >= 0.6 is 0 Å². The van der Waals surface area contributed by atoms with Crippen molar-refractivity contribution in [1.29, 1.82) is 0 Å². The molecule has 3 aromatic carbocycles. The van der Waals surface area contributed by atoms with E-state index >= 15 is 0 Å². The molecule has 0 saturated carbocycles. The number of hydrogen-bond donors (Lipinski definition) is 1. The third-order valence-electron chi connectivity index (χ3n) is 5.83. The number of aromatic nitrogens is 5. The van der Waals surface area contributed by atoms with Crippen molar-refractivity contribution in [3.05, 3.63) is 90.8 Å². The maximum absolute atomic E-state index is 4.61. The summed E-state index contributed by atoms with van der Waals surface area (Å²) in [4.78, 5) is 7.86. The molecule has 0 bridgehead atoms. The Labute approximate surface area is 173 Å². The first kappa shape index (κ1) is 16.9. The molecule has 0 spiro atoms. The van der Waals surface area contributed by atoms with Gasteiger partial charge in [0.25, 0.3) is 0 Å². The van der Waals surface area contributed by atoms with Gasteiger partial charge >= 0.3 is 0 Å². The molecule has 0 radical (unpaired) electrons. The lowest BCUT2D eigenvalue weighted by Gasteiger charge is -2.14. The summed E-state index contributed by atoms with van der Waals surface area (Å²) in [6.45, 7) is 2.15. The van der Waals surface area contributed by atoms with Crippen molar-refractivity contribution in [2.75, 3.05) is 0 Å². The summed E-state index contributed by atoms with van der Waals surface area (Å²) in [7, 11) is 0. The summed E-state index contributed by atoms with van der Waals surface area (Å²) in [5.41, 5.74) is 7.43. The van der Waals surface area contributed by atoms with Gasteiger partial charge in [0, 0.05) is 17.1 Å². The summed E-state index contributed by atoms with van der Waals surface area (Å²) in [6, 6.07) is 25.5. The molecule has 0 amide bonds. The van der Waals surface area contributed by atoms with Crippen molar-refractivity contribution in [3.63, 3.8) is 0 Å². The Hall–Kier alpha value is -3.99. The molecule has 6 rings (SSSR count). The van der Waals surface area contributed by atoms with E-state index in [9.17, 15) is 0 Å². The van der Waals surface area contributed by atoms with Gasteiger partial charge in [-0.15, -0.1) is 5.10 Å². The number of aromatic amines is 1. The Bertz CT molecular complexity index is 1510. The molecule has 0 fully saturated rings. The van der Waals surface area contributed by atoms with Gasteiger partial charge in [-0.05, 0) is 59.3 Å². The molecule has 5 heteroatoms. The van der Waals surface area contributed by atoms with Crippen LogP contribution in [-0.4, -0.2) is 25.0 Å². The highest BCUT2D eigenvalue weighted by Crippen LogP contribution is 2.31. The van der Waals surface area contributed by atoms with Crippen LogP contribution in [0.5, 0.6) is 0 Å². The number of fused-ring (bicyclic) bond motifs is 4. The molecule has 1 atom stereocenters. The van der Waals surface area contributed by atoms with E-state index in [0.29, 0.717) is 0 Å². The largest absolute Gasteiger partial charge is 0.361 e. The van der Waals surface area contributed by atoms with Gasteiger partial charge in [0.05, 0.1) is 17.8 Å². The van der Waals surface area contributed by atoms with E-state index in [4.69, 9.17) is 0 Å². The van der Waals surface area contributed by atoms with E-state index in [2.05, 4.69) is 93.9 Å². The van der Waals surface area contributed by atoms with Crippen molar-refractivity contribution in [2.24, 2.45) is 0 Å². The zero-order valence-corrected chi connectivity index (χ0v) is 16.4. The molecule has 0 aliphatic heterocycles. The smallest absolute Gasteiger partial charge is 0.132 e. The van der Waals surface area contributed by atoms with E-state index in [1.54, 1.807) is 0 Å². The summed E-state index contributed by atoms with van der Waals surface area (Å²) in [5.74, 6) is 0. The molecular formula is C25H19N5. The molecule has 0 aliphatic carbocycles. The molecular weight excluding hydrogens is 370 g/mol. The zero-order chi connectivity index (χ0) is 20.1. The van der Waals surface area contributed by atoms with Crippen LogP contribution in [0.1, 0.15) is 18.5 Å². The number of nitrogens with zero attached hydrogens (tertiary/aromatic N) is 4. The molecule has 3 heterocycles. The zero-order valence-electron chi connectivity index (χ0n) is 16.4. The maximum atomic E-state index is 4.61. The van der Waals surface area contributed by atoms with Crippen molar-refractivity contribution >= 4 is 32.8 Å². The van der Waals surface area contributed by atoms with Gasteiger partial charge in [-0.2, -0.15) is 0 Å². The number of nitrogens with one attached hydrogen (secondary N) is 1. The van der Waals surface area contributed by atoms with E-state index in [1.807, 2.05) is 23.1 Å². The van der Waals surface area contributed by atoms with Crippen LogP contribution in [0, 0.1) is 0 Å². The minimum absolute atomic E-state index is 0.0710. The second-order valence-electron chi connectivity index (χ2n) is 7.62. The van der Waals surface area contributed by atoms with Crippen LogP contribution in [-0.2, 0) is 0 Å². The van der Waals surface area contributed by atoms with Crippen LogP contribution in [0.2, 0.25) is 0 Å². The Balaban J connectivity index is 1.57. The van der Waals surface area contributed by atoms with E-state index < -0.39 is 0 Å². The second-order valence-corrected chi connectivity index (χ2v) is 7.62. The number of H-pyrrole nitrogens is 1. The van der Waals surface area contributed by atoms with Crippen LogP contribution in [0.4, 0.5) is 0 Å². The third kappa shape index (κ3) is 2.59. The lowest BCUT2D eigenvalue weighted by molar-refractivity contribution is 0.561. The quantitative estimate of drug-likeness (QED) is 0.420. The fourth-order valence-corrected chi connectivity index (χ4v) is 4.18. The monoisotopic (exact) mass is 389 g/mol. The van der Waals surface area contributed by atoms with Gasteiger partial charge < -0.3 is 4.98 Å². The molecule has 6 aromatic rings. The number of pyridine rings is 1. The molecule has 5 nitrogen and oxygen atoms in total. The van der Waals surface area contributed by atoms with Crippen molar-refractivity contribution in [2.45, 2.75) is 13.0 Å². The van der Waals surface area contributed by atoms with Gasteiger partial charge in [0.15, 0.2) is 0 Å². The number of hydrogen-bond acceptors (Lipinski definition) is 3. The molecule has 1 N–H and O–H groups in total. The average Bonchev–Trinajstić information content (AvgIpc) is 3.45. The molecule has 3 aromatic heterocycles. The van der Waals surface area contributed by atoms with Crippen LogP contribution < -0.4 is 0 Å². The SMILES string of the molecule is C[C@@H](c1ccccc1)n1nnc2cnc3ccc(-c4ccc5[nH]ccc5c4)cc3c21. The van der Waals surface area contributed by atoms with Crippen molar-refractivity contribution in [1.82, 2.24) is 25.0 Å². The highest BCUT2D eigenvalue weighted by molar-refractivity contribution is 6.03. The van der Waals surface area contributed by atoms with Crippen LogP contribution in [0.25, 0.3) is 44.0 Å². The van der Waals surface area contributed by atoms with Gasteiger partial charge in [-0.25, -0.2) is 4.68 Å². The predicted molar refractivity (Wildman–Crippen MR) is 120 cm³/mol. The highest BCUT2D eigenvalue weighted by atomic mass is 15.4. The van der Waals surface area contributed by atoms with Crippen molar-refractivity contribution in [3.8, 4) is 11.1 Å². The van der Waals surface area contributed by atoms with E-state index in [1.165, 1.54) is 16.5 Å². The summed E-state index contributed by atoms with van der Waals surface area (Å²) in [6.07, 6.45) is 3.78. The summed E-state index contributed by atoms with van der Waals surface area (Å²) >= 11 is 0. The van der Waals surface area contributed by atoms with Crippen LogP contribution in [0.15, 0.2) is 85.2 Å². The molecule has 144 valence electrons. The minimum Gasteiger partial charge on any atom is -0.361 e. The summed E-state index contributed by atoms with van der Waals surface area (Å²) in [5, 5.41) is 11.1. The van der Waals surface area contributed by atoms with Gasteiger partial charge in [-0.3, -0.25) is 4.98 Å². The Kier molecular flexibility index (Phi) is 3.68. The molecule has 30 heavy (non-hydrogen) atoms. The van der Waals surface area contributed by atoms with Crippen molar-refractivity contribution < 1.29 is 0 Å². The van der Waals surface area contributed by atoms with Crippen LogP contribution in [0.3, 0.4) is 0 Å². The average molecular weight is 389 g/mol. The predicted octanol–water partition coefficient (Wildman–Crippen LogP) is 5.74. The Morgan fingerprint density at radius 3 is 2.60 bits per heavy atom. The minimum atomic E-state index is 0.0710. The van der Waals surface area contributed by atoms with Gasteiger partial charge in [0.1, 0.15) is 11.0 Å². The molecule has 0 unspecified atom stereocenters. The number of rotatable bonds is 3. The lowest BCUT2D eigenvalue weighted by atomic mass is 10.0. The number of benzene rings is 3. The van der Waals surface area contributed by atoms with Gasteiger partial charge in [-0.1, -0.05) is 47.7 Å². The third-order valence-corrected chi connectivity index (χ3v) is 5.83. The standard InChI is InChI=1S/C25H19N5/c1-16(17-5-3-2-4-6-17)30-25-21-14-19(8-10-23(21)27-15-24(25)28-29-30)18-7-9-22-20(13-18)11-12-26-22/h2-16,26H,1H3/t16-/m0/s1. The maximum Gasteiger partial charge on any atom is 0.132 e.